The van der Waals surface area contributed by atoms with Gasteiger partial charge in [0.2, 0.25) is 0 Å². The Morgan fingerprint density at radius 1 is 1.75 bits per heavy atom. The standard InChI is InChI=1S/C6H8O2/c7-3-4-1-2-5-6(4)8-5/h5,7H,1-3H2. The number of rotatable bonds is 1. The molecule has 1 saturated heterocycles. The average molecular weight is 112 g/mol. The van der Waals surface area contributed by atoms with Gasteiger partial charge in [-0.05, 0) is 18.4 Å². The molecule has 1 N–H and O–H groups in total. The van der Waals surface area contributed by atoms with Gasteiger partial charge in [-0.15, -0.1) is 0 Å². The number of aliphatic hydroxyl groups excluding tert-OH is 1. The predicted molar refractivity (Wildman–Crippen MR) is 28.2 cm³/mol. The molecule has 2 nitrogen and oxygen atoms in total. The highest BCUT2D eigenvalue weighted by atomic mass is 16.6. The third-order valence-corrected chi connectivity index (χ3v) is 1.75. The lowest BCUT2D eigenvalue weighted by atomic mass is 10.2. The maximum Gasteiger partial charge on any atom is 0.155 e. The molecule has 1 aliphatic carbocycles. The summed E-state index contributed by atoms with van der Waals surface area (Å²) in [5, 5.41) is 8.63. The van der Waals surface area contributed by atoms with Crippen LogP contribution in [-0.2, 0) is 4.74 Å². The SMILES string of the molecule is OCC1=C2OC2CC1. The molecule has 8 heavy (non-hydrogen) atoms. The highest BCUT2D eigenvalue weighted by molar-refractivity contribution is 5.28. The van der Waals surface area contributed by atoms with Crippen LogP contribution >= 0.6 is 0 Å². The fraction of sp³-hybridized carbons (Fsp3) is 0.667. The number of aliphatic hydroxyl groups is 1. The van der Waals surface area contributed by atoms with E-state index in [1.165, 1.54) is 0 Å². The molecule has 2 heteroatoms. The van der Waals surface area contributed by atoms with Crippen molar-refractivity contribution in [3.63, 3.8) is 0 Å². The van der Waals surface area contributed by atoms with Crippen LogP contribution in [-0.4, -0.2) is 17.8 Å². The van der Waals surface area contributed by atoms with E-state index in [1.54, 1.807) is 0 Å². The molecule has 0 spiro atoms. The van der Waals surface area contributed by atoms with Crippen molar-refractivity contribution < 1.29 is 9.84 Å². The first-order chi connectivity index (χ1) is 3.92. The van der Waals surface area contributed by atoms with Gasteiger partial charge in [0, 0.05) is 0 Å². The molecule has 1 atom stereocenters. The van der Waals surface area contributed by atoms with Gasteiger partial charge in [-0.1, -0.05) is 0 Å². The summed E-state index contributed by atoms with van der Waals surface area (Å²) in [5.74, 6) is 1.08. The van der Waals surface area contributed by atoms with Crippen molar-refractivity contribution >= 4 is 0 Å². The molecule has 1 heterocycles. The van der Waals surface area contributed by atoms with Crippen molar-refractivity contribution in [1.29, 1.82) is 0 Å². The van der Waals surface area contributed by atoms with Crippen LogP contribution in [0.1, 0.15) is 12.8 Å². The number of epoxide rings is 1. The van der Waals surface area contributed by atoms with E-state index in [4.69, 9.17) is 9.84 Å². The van der Waals surface area contributed by atoms with E-state index < -0.39 is 0 Å². The molecule has 0 saturated carbocycles. The minimum Gasteiger partial charge on any atom is -0.483 e. The summed E-state index contributed by atoms with van der Waals surface area (Å²) in [6.45, 7) is 0.200. The van der Waals surface area contributed by atoms with Gasteiger partial charge in [0.1, 0.15) is 5.76 Å². The van der Waals surface area contributed by atoms with Crippen LogP contribution in [0.5, 0.6) is 0 Å². The Labute approximate surface area is 47.8 Å². The largest absolute Gasteiger partial charge is 0.483 e. The lowest BCUT2D eigenvalue weighted by Gasteiger charge is -1.92. The summed E-state index contributed by atoms with van der Waals surface area (Å²) < 4.78 is 5.08. The van der Waals surface area contributed by atoms with E-state index in [9.17, 15) is 0 Å². The van der Waals surface area contributed by atoms with Crippen molar-refractivity contribution in [2.75, 3.05) is 6.61 Å². The molecular weight excluding hydrogens is 104 g/mol. The van der Waals surface area contributed by atoms with Crippen molar-refractivity contribution in [3.8, 4) is 0 Å². The summed E-state index contributed by atoms with van der Waals surface area (Å²) in [6.07, 6.45) is 2.57. The van der Waals surface area contributed by atoms with Gasteiger partial charge in [-0.25, -0.2) is 0 Å². The van der Waals surface area contributed by atoms with Gasteiger partial charge < -0.3 is 9.84 Å². The Hall–Kier alpha value is -0.500. The normalized spacial score (nSPS) is 32.4. The average Bonchev–Trinajstić information content (AvgIpc) is 2.46. The van der Waals surface area contributed by atoms with Crippen LogP contribution in [0.2, 0.25) is 0 Å². The fourth-order valence-corrected chi connectivity index (χ4v) is 1.21. The van der Waals surface area contributed by atoms with Gasteiger partial charge in [0.05, 0.1) is 6.61 Å². The second kappa shape index (κ2) is 1.26. The number of ether oxygens (including phenoxy) is 1. The smallest absolute Gasteiger partial charge is 0.155 e. The van der Waals surface area contributed by atoms with E-state index in [0.717, 1.165) is 24.2 Å². The third-order valence-electron chi connectivity index (χ3n) is 1.75. The van der Waals surface area contributed by atoms with E-state index >= 15 is 0 Å². The lowest BCUT2D eigenvalue weighted by molar-refractivity contribution is 0.314. The fourth-order valence-electron chi connectivity index (χ4n) is 1.21. The topological polar surface area (TPSA) is 32.8 Å². The van der Waals surface area contributed by atoms with Crippen molar-refractivity contribution in [2.45, 2.75) is 18.9 Å². The second-order valence-corrected chi connectivity index (χ2v) is 2.27. The molecule has 44 valence electrons. The van der Waals surface area contributed by atoms with Gasteiger partial charge in [0.15, 0.2) is 6.10 Å². The van der Waals surface area contributed by atoms with E-state index in [1.807, 2.05) is 0 Å². The van der Waals surface area contributed by atoms with Gasteiger partial charge in [-0.2, -0.15) is 0 Å². The molecule has 0 aromatic rings. The van der Waals surface area contributed by atoms with Crippen molar-refractivity contribution in [3.05, 3.63) is 11.3 Å². The van der Waals surface area contributed by atoms with Gasteiger partial charge >= 0.3 is 0 Å². The summed E-state index contributed by atoms with van der Waals surface area (Å²) in [6, 6.07) is 0. The van der Waals surface area contributed by atoms with Gasteiger partial charge in [-0.3, -0.25) is 0 Å². The lowest BCUT2D eigenvalue weighted by Crippen LogP contribution is -1.86. The van der Waals surface area contributed by atoms with E-state index in [-0.39, 0.29) is 6.61 Å². The maximum atomic E-state index is 8.63. The molecule has 2 aliphatic rings. The Kier molecular flexibility index (Phi) is 0.690. The number of hydrogen-bond acceptors (Lipinski definition) is 2. The van der Waals surface area contributed by atoms with E-state index in [2.05, 4.69) is 0 Å². The van der Waals surface area contributed by atoms with Crippen LogP contribution in [0.25, 0.3) is 0 Å². The highest BCUT2D eigenvalue weighted by Gasteiger charge is 2.40. The Morgan fingerprint density at radius 3 is 2.88 bits per heavy atom. The first-order valence-electron chi connectivity index (χ1n) is 2.91. The molecule has 1 aliphatic heterocycles. The molecule has 0 bridgehead atoms. The first kappa shape index (κ1) is 4.39. The van der Waals surface area contributed by atoms with Crippen LogP contribution in [0.4, 0.5) is 0 Å². The minimum absolute atomic E-state index is 0.200. The Bertz CT molecular complexity index is 149. The Balaban J connectivity index is 2.21. The molecule has 0 aromatic carbocycles. The molecular formula is C6H8O2. The summed E-state index contributed by atoms with van der Waals surface area (Å²) in [5.41, 5.74) is 1.12. The van der Waals surface area contributed by atoms with Crippen LogP contribution in [0.3, 0.4) is 0 Å². The summed E-state index contributed by atoms with van der Waals surface area (Å²) >= 11 is 0. The monoisotopic (exact) mass is 112 g/mol. The summed E-state index contributed by atoms with van der Waals surface area (Å²) in [4.78, 5) is 0. The molecule has 0 amide bonds. The summed E-state index contributed by atoms with van der Waals surface area (Å²) in [7, 11) is 0. The number of fused-ring (bicyclic) bond motifs is 1. The van der Waals surface area contributed by atoms with Gasteiger partial charge in [0.25, 0.3) is 0 Å². The minimum atomic E-state index is 0.200. The molecule has 0 radical (unpaired) electrons. The predicted octanol–water partition coefficient (Wildman–Crippen LogP) is 0.425. The zero-order chi connectivity index (χ0) is 5.56. The quantitative estimate of drug-likeness (QED) is 0.499. The molecule has 1 fully saturated rings. The zero-order valence-corrected chi connectivity index (χ0v) is 4.55. The molecule has 1 unspecified atom stereocenters. The maximum absolute atomic E-state index is 8.63. The second-order valence-electron chi connectivity index (χ2n) is 2.27. The highest BCUT2D eigenvalue weighted by Crippen LogP contribution is 2.42. The number of hydrogen-bond donors (Lipinski definition) is 1. The molecule has 0 aromatic heterocycles. The first-order valence-corrected chi connectivity index (χ1v) is 2.91. The van der Waals surface area contributed by atoms with Crippen molar-refractivity contribution in [2.24, 2.45) is 0 Å². The Morgan fingerprint density at radius 2 is 2.62 bits per heavy atom. The molecule has 2 rings (SSSR count). The van der Waals surface area contributed by atoms with E-state index in [0.29, 0.717) is 6.10 Å². The van der Waals surface area contributed by atoms with Crippen LogP contribution < -0.4 is 0 Å². The van der Waals surface area contributed by atoms with Crippen LogP contribution in [0, 0.1) is 0 Å². The van der Waals surface area contributed by atoms with Crippen molar-refractivity contribution in [1.82, 2.24) is 0 Å². The third kappa shape index (κ3) is 0.409. The van der Waals surface area contributed by atoms with Crippen LogP contribution in [0.15, 0.2) is 11.3 Å². The zero-order valence-electron chi connectivity index (χ0n) is 4.55.